The van der Waals surface area contributed by atoms with Crippen molar-refractivity contribution in [1.29, 1.82) is 0 Å². The zero-order chi connectivity index (χ0) is 14.4. The molecule has 0 bridgehead atoms. The van der Waals surface area contributed by atoms with E-state index in [1.54, 1.807) is 0 Å². The highest BCUT2D eigenvalue weighted by atomic mass is 16.5. The van der Waals surface area contributed by atoms with E-state index in [0.29, 0.717) is 11.5 Å². The van der Waals surface area contributed by atoms with Crippen LogP contribution in [0.4, 0.5) is 0 Å². The Balaban J connectivity index is 1.86. The molecule has 0 aromatic heterocycles. The zero-order valence-corrected chi connectivity index (χ0v) is 13.5. The molecule has 2 aliphatic rings. The number of likely N-dealkylation sites (tertiary alicyclic amines) is 1. The number of nitrogens with one attached hydrogen (secondary N) is 1. The molecular weight excluding hydrogens is 252 g/mol. The molecule has 1 unspecified atom stereocenters. The van der Waals surface area contributed by atoms with Crippen LogP contribution in [0.25, 0.3) is 0 Å². The van der Waals surface area contributed by atoms with Gasteiger partial charge in [-0.05, 0) is 37.1 Å². The van der Waals surface area contributed by atoms with Gasteiger partial charge in [0.2, 0.25) is 0 Å². The van der Waals surface area contributed by atoms with Crippen molar-refractivity contribution >= 4 is 0 Å². The highest BCUT2D eigenvalue weighted by molar-refractivity contribution is 4.90. The van der Waals surface area contributed by atoms with Crippen LogP contribution >= 0.6 is 0 Å². The average Bonchev–Trinajstić information content (AvgIpc) is 2.86. The molecule has 118 valence electrons. The molecule has 0 aromatic carbocycles. The minimum absolute atomic E-state index is 0.399. The van der Waals surface area contributed by atoms with Crippen LogP contribution < -0.4 is 5.32 Å². The summed E-state index contributed by atoms with van der Waals surface area (Å²) in [4.78, 5) is 2.59. The van der Waals surface area contributed by atoms with Crippen LogP contribution in [0, 0.1) is 11.3 Å². The second-order valence-corrected chi connectivity index (χ2v) is 7.02. The fourth-order valence-electron chi connectivity index (χ4n) is 3.43. The molecule has 2 rings (SSSR count). The van der Waals surface area contributed by atoms with Gasteiger partial charge in [-0.2, -0.15) is 0 Å². The van der Waals surface area contributed by atoms with Gasteiger partial charge >= 0.3 is 0 Å². The topological polar surface area (TPSA) is 33.7 Å². The van der Waals surface area contributed by atoms with Crippen LogP contribution in [0.3, 0.4) is 0 Å². The predicted molar refractivity (Wildman–Crippen MR) is 82.0 cm³/mol. The molecule has 0 amide bonds. The van der Waals surface area contributed by atoms with Gasteiger partial charge in [0.05, 0.1) is 6.10 Å². The normalized spacial score (nSPS) is 27.3. The highest BCUT2D eigenvalue weighted by Gasteiger charge is 2.36. The predicted octanol–water partition coefficient (Wildman–Crippen LogP) is 1.75. The Morgan fingerprint density at radius 2 is 2.10 bits per heavy atom. The molecule has 0 radical (unpaired) electrons. The lowest BCUT2D eigenvalue weighted by Crippen LogP contribution is -2.47. The van der Waals surface area contributed by atoms with Crippen molar-refractivity contribution < 1.29 is 9.47 Å². The van der Waals surface area contributed by atoms with Crippen molar-refractivity contribution in [3.8, 4) is 0 Å². The first-order valence-corrected chi connectivity index (χ1v) is 8.17. The summed E-state index contributed by atoms with van der Waals surface area (Å²) in [7, 11) is 1.84. The van der Waals surface area contributed by atoms with E-state index in [2.05, 4.69) is 24.1 Å². The summed E-state index contributed by atoms with van der Waals surface area (Å²) in [6.45, 7) is 12.1. The number of rotatable bonds is 7. The fraction of sp³-hybridized carbons (Fsp3) is 1.00. The Morgan fingerprint density at radius 3 is 2.70 bits per heavy atom. The number of nitrogens with zero attached hydrogens (tertiary/aromatic N) is 1. The van der Waals surface area contributed by atoms with Gasteiger partial charge in [-0.15, -0.1) is 0 Å². The summed E-state index contributed by atoms with van der Waals surface area (Å²) in [6.07, 6.45) is 4.00. The number of methoxy groups -OCH3 is 1. The molecule has 0 saturated carbocycles. The van der Waals surface area contributed by atoms with Crippen molar-refractivity contribution in [3.63, 3.8) is 0 Å². The van der Waals surface area contributed by atoms with Crippen molar-refractivity contribution in [1.82, 2.24) is 10.2 Å². The quantitative estimate of drug-likeness (QED) is 0.772. The van der Waals surface area contributed by atoms with Gasteiger partial charge in [0.1, 0.15) is 0 Å². The second-order valence-electron chi connectivity index (χ2n) is 7.02. The lowest BCUT2D eigenvalue weighted by molar-refractivity contribution is -0.00356. The van der Waals surface area contributed by atoms with Crippen molar-refractivity contribution in [2.75, 3.05) is 53.0 Å². The van der Waals surface area contributed by atoms with Gasteiger partial charge in [0, 0.05) is 46.5 Å². The summed E-state index contributed by atoms with van der Waals surface area (Å²) in [5.74, 6) is 0.719. The van der Waals surface area contributed by atoms with E-state index in [9.17, 15) is 0 Å². The molecular formula is C16H32N2O2. The summed E-state index contributed by atoms with van der Waals surface area (Å²) >= 11 is 0. The van der Waals surface area contributed by atoms with Crippen LogP contribution in [-0.2, 0) is 9.47 Å². The molecule has 4 nitrogen and oxygen atoms in total. The fourth-order valence-corrected chi connectivity index (χ4v) is 3.43. The molecule has 2 saturated heterocycles. The van der Waals surface area contributed by atoms with E-state index in [1.165, 1.54) is 32.4 Å². The van der Waals surface area contributed by atoms with Gasteiger partial charge in [0.15, 0.2) is 0 Å². The van der Waals surface area contributed by atoms with E-state index in [4.69, 9.17) is 9.47 Å². The van der Waals surface area contributed by atoms with Gasteiger partial charge in [-0.3, -0.25) is 0 Å². The van der Waals surface area contributed by atoms with Crippen molar-refractivity contribution in [2.24, 2.45) is 11.3 Å². The smallest absolute Gasteiger partial charge is 0.0710 e. The maximum atomic E-state index is 5.59. The van der Waals surface area contributed by atoms with Gasteiger partial charge in [0.25, 0.3) is 0 Å². The Morgan fingerprint density at radius 1 is 1.35 bits per heavy atom. The molecule has 4 heteroatoms. The largest absolute Gasteiger partial charge is 0.381 e. The summed E-state index contributed by atoms with van der Waals surface area (Å²) in [5, 5.41) is 3.68. The van der Waals surface area contributed by atoms with E-state index in [0.717, 1.165) is 38.8 Å². The number of hydrogen-bond acceptors (Lipinski definition) is 4. The van der Waals surface area contributed by atoms with Crippen molar-refractivity contribution in [2.45, 2.75) is 39.2 Å². The lowest BCUT2D eigenvalue weighted by Gasteiger charge is -2.40. The first-order chi connectivity index (χ1) is 9.63. The van der Waals surface area contributed by atoms with E-state index >= 15 is 0 Å². The maximum Gasteiger partial charge on any atom is 0.0710 e. The first-order valence-electron chi connectivity index (χ1n) is 8.17. The Hall–Kier alpha value is -0.160. The molecule has 0 aliphatic carbocycles. The average molecular weight is 284 g/mol. The summed E-state index contributed by atoms with van der Waals surface area (Å²) in [5.41, 5.74) is 0.399. The monoisotopic (exact) mass is 284 g/mol. The van der Waals surface area contributed by atoms with E-state index < -0.39 is 0 Å². The molecule has 2 heterocycles. The molecule has 1 atom stereocenters. The third-order valence-corrected chi connectivity index (χ3v) is 4.73. The van der Waals surface area contributed by atoms with Crippen molar-refractivity contribution in [3.05, 3.63) is 0 Å². The first kappa shape index (κ1) is 16.2. The molecule has 2 aliphatic heterocycles. The standard InChI is InChI=1S/C16H32N2O2/c1-14(2)10-17-12-16(5-8-20-9-6-16)13-18-7-4-15(11-18)19-3/h14-15,17H,4-13H2,1-3H3. The molecule has 0 aromatic rings. The zero-order valence-electron chi connectivity index (χ0n) is 13.5. The Bertz CT molecular complexity index is 278. The third kappa shape index (κ3) is 4.69. The minimum atomic E-state index is 0.399. The van der Waals surface area contributed by atoms with Gasteiger partial charge < -0.3 is 19.7 Å². The van der Waals surface area contributed by atoms with E-state index in [-0.39, 0.29) is 0 Å². The van der Waals surface area contributed by atoms with Crippen LogP contribution in [0.1, 0.15) is 33.1 Å². The SMILES string of the molecule is COC1CCN(CC2(CNCC(C)C)CCOCC2)C1. The highest BCUT2D eigenvalue weighted by Crippen LogP contribution is 2.32. The van der Waals surface area contributed by atoms with Crippen LogP contribution in [-0.4, -0.2) is 64.1 Å². The van der Waals surface area contributed by atoms with E-state index in [1.807, 2.05) is 7.11 Å². The Labute approximate surface area is 124 Å². The minimum Gasteiger partial charge on any atom is -0.381 e. The van der Waals surface area contributed by atoms with Gasteiger partial charge in [-0.1, -0.05) is 13.8 Å². The molecule has 2 fully saturated rings. The summed E-state index contributed by atoms with van der Waals surface area (Å²) < 4.78 is 11.1. The number of ether oxygens (including phenoxy) is 2. The maximum absolute atomic E-state index is 5.59. The number of hydrogen-bond donors (Lipinski definition) is 1. The lowest BCUT2D eigenvalue weighted by atomic mass is 9.79. The second kappa shape index (κ2) is 7.74. The van der Waals surface area contributed by atoms with Crippen LogP contribution in [0.5, 0.6) is 0 Å². The summed E-state index contributed by atoms with van der Waals surface area (Å²) in [6, 6.07) is 0. The van der Waals surface area contributed by atoms with Crippen LogP contribution in [0.15, 0.2) is 0 Å². The van der Waals surface area contributed by atoms with Gasteiger partial charge in [-0.25, -0.2) is 0 Å². The molecule has 1 N–H and O–H groups in total. The third-order valence-electron chi connectivity index (χ3n) is 4.73. The molecule has 20 heavy (non-hydrogen) atoms. The Kier molecular flexibility index (Phi) is 6.27. The van der Waals surface area contributed by atoms with Crippen LogP contribution in [0.2, 0.25) is 0 Å². The molecule has 0 spiro atoms.